The Morgan fingerprint density at radius 2 is 1.62 bits per heavy atom. The first-order valence-corrected chi connectivity index (χ1v) is 14.0. The SMILES string of the molecule is COc1ccc(S(=O)(=O)NC(C)C)cc1NC(=O)CN(c1ccc(C(C)(C)C)cc1)S(C)(=O)=O. The van der Waals surface area contributed by atoms with Gasteiger partial charge < -0.3 is 10.1 Å². The Kier molecular flexibility index (Phi) is 8.39. The van der Waals surface area contributed by atoms with Crippen molar-refractivity contribution >= 4 is 37.3 Å². The third-order valence-corrected chi connectivity index (χ3v) is 7.65. The van der Waals surface area contributed by atoms with Crippen LogP contribution in [0, 0.1) is 0 Å². The fourth-order valence-corrected chi connectivity index (χ4v) is 5.31. The zero-order chi connectivity index (χ0) is 25.9. The molecule has 9 nitrogen and oxygen atoms in total. The molecule has 2 aromatic rings. The number of rotatable bonds is 9. The number of sulfonamides is 2. The van der Waals surface area contributed by atoms with Gasteiger partial charge in [-0.1, -0.05) is 32.9 Å². The van der Waals surface area contributed by atoms with E-state index in [4.69, 9.17) is 4.74 Å². The van der Waals surface area contributed by atoms with E-state index < -0.39 is 32.5 Å². The van der Waals surface area contributed by atoms with Gasteiger partial charge in [0.05, 0.1) is 29.6 Å². The highest BCUT2D eigenvalue weighted by Crippen LogP contribution is 2.29. The third kappa shape index (κ3) is 7.18. The fourth-order valence-electron chi connectivity index (χ4n) is 3.18. The van der Waals surface area contributed by atoms with E-state index in [1.165, 1.54) is 25.3 Å². The second-order valence-electron chi connectivity index (χ2n) is 9.25. The lowest BCUT2D eigenvalue weighted by Crippen LogP contribution is -2.37. The van der Waals surface area contributed by atoms with Crippen molar-refractivity contribution in [2.45, 2.75) is 51.0 Å². The van der Waals surface area contributed by atoms with Crippen LogP contribution in [0.1, 0.15) is 40.2 Å². The lowest BCUT2D eigenvalue weighted by Gasteiger charge is -2.24. The van der Waals surface area contributed by atoms with E-state index in [0.717, 1.165) is 16.1 Å². The number of benzene rings is 2. The number of hydrogen-bond donors (Lipinski definition) is 2. The molecule has 0 aliphatic rings. The Morgan fingerprint density at radius 3 is 2.09 bits per heavy atom. The number of carbonyl (C=O) groups excluding carboxylic acids is 1. The molecular weight excluding hydrogens is 478 g/mol. The molecule has 0 unspecified atom stereocenters. The largest absolute Gasteiger partial charge is 0.495 e. The normalized spacial score (nSPS) is 12.5. The second-order valence-corrected chi connectivity index (χ2v) is 12.9. The van der Waals surface area contributed by atoms with Crippen LogP contribution in [0.25, 0.3) is 0 Å². The first-order chi connectivity index (χ1) is 15.5. The van der Waals surface area contributed by atoms with Crippen molar-refractivity contribution < 1.29 is 26.4 Å². The van der Waals surface area contributed by atoms with Gasteiger partial charge in [-0.2, -0.15) is 0 Å². The number of hydrogen-bond acceptors (Lipinski definition) is 6. The number of nitrogens with zero attached hydrogens (tertiary/aromatic N) is 1. The predicted octanol–water partition coefficient (Wildman–Crippen LogP) is 3.08. The van der Waals surface area contributed by atoms with Gasteiger partial charge in [-0.25, -0.2) is 21.6 Å². The summed E-state index contributed by atoms with van der Waals surface area (Å²) in [5.41, 5.74) is 1.36. The van der Waals surface area contributed by atoms with E-state index in [1.807, 2.05) is 32.9 Å². The lowest BCUT2D eigenvalue weighted by molar-refractivity contribution is -0.114. The molecular formula is C23H33N3O6S2. The van der Waals surface area contributed by atoms with Crippen LogP contribution in [-0.2, 0) is 30.3 Å². The molecule has 0 atom stereocenters. The molecule has 0 heterocycles. The molecule has 0 saturated carbocycles. The van der Waals surface area contributed by atoms with Crippen molar-refractivity contribution in [2.75, 3.05) is 29.5 Å². The van der Waals surface area contributed by atoms with Crippen LogP contribution in [-0.4, -0.2) is 48.7 Å². The molecule has 0 spiro atoms. The Morgan fingerprint density at radius 1 is 1.03 bits per heavy atom. The van der Waals surface area contributed by atoms with Crippen LogP contribution in [0.5, 0.6) is 5.75 Å². The summed E-state index contributed by atoms with van der Waals surface area (Å²) in [4.78, 5) is 12.8. The highest BCUT2D eigenvalue weighted by molar-refractivity contribution is 7.92. The molecule has 1 amide bonds. The first-order valence-electron chi connectivity index (χ1n) is 10.6. The van der Waals surface area contributed by atoms with E-state index in [-0.39, 0.29) is 27.8 Å². The molecule has 34 heavy (non-hydrogen) atoms. The van der Waals surface area contributed by atoms with Gasteiger partial charge in [-0.15, -0.1) is 0 Å². The van der Waals surface area contributed by atoms with Crippen molar-refractivity contribution in [1.82, 2.24) is 4.72 Å². The molecule has 0 saturated heterocycles. The van der Waals surface area contributed by atoms with Crippen LogP contribution in [0.4, 0.5) is 11.4 Å². The smallest absolute Gasteiger partial charge is 0.245 e. The van der Waals surface area contributed by atoms with Crippen LogP contribution in [0.15, 0.2) is 47.4 Å². The predicted molar refractivity (Wildman–Crippen MR) is 134 cm³/mol. The van der Waals surface area contributed by atoms with Crippen LogP contribution >= 0.6 is 0 Å². The van der Waals surface area contributed by atoms with E-state index in [1.54, 1.807) is 26.0 Å². The molecule has 2 aromatic carbocycles. The molecule has 0 aliphatic carbocycles. The average Bonchev–Trinajstić information content (AvgIpc) is 2.69. The molecule has 0 aliphatic heterocycles. The zero-order valence-electron chi connectivity index (χ0n) is 20.5. The molecule has 2 rings (SSSR count). The van der Waals surface area contributed by atoms with E-state index >= 15 is 0 Å². The van der Waals surface area contributed by atoms with Crippen molar-refractivity contribution in [1.29, 1.82) is 0 Å². The molecule has 0 aromatic heterocycles. The molecule has 2 N–H and O–H groups in total. The number of carbonyl (C=O) groups is 1. The summed E-state index contributed by atoms with van der Waals surface area (Å²) >= 11 is 0. The van der Waals surface area contributed by atoms with Gasteiger partial charge in [0.25, 0.3) is 0 Å². The Labute approximate surface area is 202 Å². The van der Waals surface area contributed by atoms with Gasteiger partial charge in [0.1, 0.15) is 12.3 Å². The Hall–Kier alpha value is -2.63. The third-order valence-electron chi connectivity index (χ3n) is 4.86. The molecule has 0 fully saturated rings. The van der Waals surface area contributed by atoms with E-state index in [0.29, 0.717) is 5.69 Å². The van der Waals surface area contributed by atoms with Gasteiger partial charge in [-0.3, -0.25) is 9.10 Å². The van der Waals surface area contributed by atoms with E-state index in [9.17, 15) is 21.6 Å². The highest BCUT2D eigenvalue weighted by Gasteiger charge is 2.24. The number of ether oxygens (including phenoxy) is 1. The van der Waals surface area contributed by atoms with Crippen LogP contribution in [0.2, 0.25) is 0 Å². The van der Waals surface area contributed by atoms with Crippen molar-refractivity contribution in [3.8, 4) is 5.75 Å². The minimum atomic E-state index is -3.81. The number of amides is 1. The lowest BCUT2D eigenvalue weighted by atomic mass is 9.87. The number of methoxy groups -OCH3 is 1. The summed E-state index contributed by atoms with van der Waals surface area (Å²) in [7, 11) is -6.21. The maximum atomic E-state index is 12.8. The minimum Gasteiger partial charge on any atom is -0.495 e. The Balaban J connectivity index is 2.33. The topological polar surface area (TPSA) is 122 Å². The monoisotopic (exact) mass is 511 g/mol. The van der Waals surface area contributed by atoms with Gasteiger partial charge in [0.15, 0.2) is 0 Å². The summed E-state index contributed by atoms with van der Waals surface area (Å²) in [6, 6.07) is 10.7. The van der Waals surface area contributed by atoms with Gasteiger partial charge in [0, 0.05) is 6.04 Å². The summed E-state index contributed by atoms with van der Waals surface area (Å²) in [6.45, 7) is 9.01. The van der Waals surface area contributed by atoms with E-state index in [2.05, 4.69) is 10.0 Å². The summed E-state index contributed by atoms with van der Waals surface area (Å²) in [5, 5.41) is 2.57. The molecule has 0 radical (unpaired) electrons. The quantitative estimate of drug-likeness (QED) is 0.534. The van der Waals surface area contributed by atoms with Gasteiger partial charge in [0.2, 0.25) is 26.0 Å². The van der Waals surface area contributed by atoms with Gasteiger partial charge in [-0.05, 0) is 55.2 Å². The maximum absolute atomic E-state index is 12.8. The maximum Gasteiger partial charge on any atom is 0.245 e. The molecule has 11 heteroatoms. The number of anilines is 2. The molecule has 188 valence electrons. The van der Waals surface area contributed by atoms with Crippen LogP contribution < -0.4 is 19.1 Å². The summed E-state index contributed by atoms with van der Waals surface area (Å²) in [6.07, 6.45) is 1.02. The van der Waals surface area contributed by atoms with Gasteiger partial charge >= 0.3 is 0 Å². The summed E-state index contributed by atoms with van der Waals surface area (Å²) in [5.74, 6) is -0.424. The first kappa shape index (κ1) is 27.6. The highest BCUT2D eigenvalue weighted by atomic mass is 32.2. The second kappa shape index (κ2) is 10.3. The standard InChI is InChI=1S/C23H33N3O6S2/c1-16(2)25-34(30,31)19-12-13-21(32-6)20(14-19)24-22(27)15-26(33(7,28)29)18-10-8-17(9-11-18)23(3,4)5/h8-14,16,25H,15H2,1-7H3,(H,24,27). The molecule has 0 bridgehead atoms. The fraction of sp³-hybridized carbons (Fsp3) is 0.435. The zero-order valence-corrected chi connectivity index (χ0v) is 22.2. The van der Waals surface area contributed by atoms with Crippen molar-refractivity contribution in [2.24, 2.45) is 0 Å². The average molecular weight is 512 g/mol. The Bertz CT molecular complexity index is 1230. The summed E-state index contributed by atoms with van der Waals surface area (Å²) < 4.78 is 58.6. The van der Waals surface area contributed by atoms with Crippen molar-refractivity contribution in [3.05, 3.63) is 48.0 Å². The van der Waals surface area contributed by atoms with Crippen LogP contribution in [0.3, 0.4) is 0 Å². The number of nitrogens with one attached hydrogen (secondary N) is 2. The van der Waals surface area contributed by atoms with Crippen molar-refractivity contribution in [3.63, 3.8) is 0 Å². The minimum absolute atomic E-state index is 0.0601.